The summed E-state index contributed by atoms with van der Waals surface area (Å²) in [4.78, 5) is 4.35. The molecule has 2 aromatic carbocycles. The summed E-state index contributed by atoms with van der Waals surface area (Å²) in [7, 11) is 0. The van der Waals surface area contributed by atoms with E-state index in [0.717, 1.165) is 37.6 Å². The van der Waals surface area contributed by atoms with Gasteiger partial charge >= 0.3 is 0 Å². The Hall–Kier alpha value is -1.71. The van der Waals surface area contributed by atoms with Gasteiger partial charge in [-0.25, -0.2) is 0 Å². The number of rotatable bonds is 2. The maximum atomic E-state index is 10.6. The number of halogens is 1. The van der Waals surface area contributed by atoms with Crippen LogP contribution in [0.1, 0.15) is 28.4 Å². The van der Waals surface area contributed by atoms with Gasteiger partial charge in [-0.15, -0.1) is 0 Å². The lowest BCUT2D eigenvalue weighted by atomic mass is 9.97. The first-order chi connectivity index (χ1) is 10.1. The first kappa shape index (κ1) is 14.2. The molecule has 0 aliphatic carbocycles. The topological polar surface area (TPSA) is 33.1 Å². The Labute approximate surface area is 132 Å². The normalized spacial score (nSPS) is 12.6. The van der Waals surface area contributed by atoms with Gasteiger partial charge in [-0.05, 0) is 48.2 Å². The number of aryl methyl sites for hydroxylation is 2. The molecule has 0 aliphatic heterocycles. The average Bonchev–Trinajstić information content (AvgIpc) is 2.51. The number of benzene rings is 2. The fourth-order valence-corrected chi connectivity index (χ4v) is 2.81. The second kappa shape index (κ2) is 5.58. The van der Waals surface area contributed by atoms with E-state index in [1.54, 1.807) is 6.20 Å². The molecule has 0 saturated carbocycles. The summed E-state index contributed by atoms with van der Waals surface area (Å²) < 4.78 is 1.10. The molecule has 0 fully saturated rings. The van der Waals surface area contributed by atoms with Crippen molar-refractivity contribution in [3.8, 4) is 0 Å². The van der Waals surface area contributed by atoms with Gasteiger partial charge in [0.15, 0.2) is 0 Å². The molecule has 1 atom stereocenters. The van der Waals surface area contributed by atoms with Crippen LogP contribution in [0.25, 0.3) is 10.9 Å². The van der Waals surface area contributed by atoms with E-state index >= 15 is 0 Å². The average molecular weight is 342 g/mol. The van der Waals surface area contributed by atoms with Crippen molar-refractivity contribution in [1.82, 2.24) is 4.98 Å². The third-order valence-electron chi connectivity index (χ3n) is 3.72. The van der Waals surface area contributed by atoms with Gasteiger partial charge < -0.3 is 5.11 Å². The van der Waals surface area contributed by atoms with Gasteiger partial charge in [-0.1, -0.05) is 46.3 Å². The molecule has 0 aliphatic rings. The van der Waals surface area contributed by atoms with E-state index in [0.29, 0.717) is 0 Å². The summed E-state index contributed by atoms with van der Waals surface area (Å²) in [6, 6.07) is 13.9. The van der Waals surface area contributed by atoms with Crippen LogP contribution in [0.2, 0.25) is 0 Å². The molecule has 1 heterocycles. The van der Waals surface area contributed by atoms with Crippen molar-refractivity contribution in [1.29, 1.82) is 0 Å². The summed E-state index contributed by atoms with van der Waals surface area (Å²) in [5.74, 6) is 0. The maximum absolute atomic E-state index is 10.6. The summed E-state index contributed by atoms with van der Waals surface area (Å²) >= 11 is 3.56. The molecule has 1 N–H and O–H groups in total. The van der Waals surface area contributed by atoms with Crippen molar-refractivity contribution in [3.63, 3.8) is 0 Å². The monoisotopic (exact) mass is 341 g/mol. The molecular weight excluding hydrogens is 326 g/mol. The lowest BCUT2D eigenvalue weighted by molar-refractivity contribution is 0.220. The number of hydrogen-bond donors (Lipinski definition) is 1. The molecule has 3 aromatic rings. The standard InChI is InChI=1S/C18H16BrNO/c1-11-8-15(9-12(2)17(11)19)18(21)14-6-5-13-4-3-7-20-16(13)10-14/h3-10,18,21H,1-2H3. The zero-order valence-corrected chi connectivity index (χ0v) is 13.6. The van der Waals surface area contributed by atoms with E-state index in [-0.39, 0.29) is 0 Å². The molecule has 0 amide bonds. The maximum Gasteiger partial charge on any atom is 0.104 e. The predicted octanol–water partition coefficient (Wildman–Crippen LogP) is 4.70. The van der Waals surface area contributed by atoms with Gasteiger partial charge in [0.2, 0.25) is 0 Å². The number of hydrogen-bond acceptors (Lipinski definition) is 2. The van der Waals surface area contributed by atoms with Crippen molar-refractivity contribution >= 4 is 26.8 Å². The molecule has 0 spiro atoms. The summed E-state index contributed by atoms with van der Waals surface area (Å²) in [6.07, 6.45) is 1.13. The number of nitrogens with zero attached hydrogens (tertiary/aromatic N) is 1. The minimum absolute atomic E-state index is 0.637. The van der Waals surface area contributed by atoms with Gasteiger partial charge in [-0.3, -0.25) is 4.98 Å². The van der Waals surface area contributed by atoms with E-state index < -0.39 is 6.10 Å². The smallest absolute Gasteiger partial charge is 0.104 e. The van der Waals surface area contributed by atoms with Gasteiger partial charge in [0.05, 0.1) is 5.52 Å². The molecule has 106 valence electrons. The minimum atomic E-state index is -0.637. The number of fused-ring (bicyclic) bond motifs is 1. The van der Waals surface area contributed by atoms with E-state index in [1.165, 1.54) is 0 Å². The van der Waals surface area contributed by atoms with Gasteiger partial charge in [-0.2, -0.15) is 0 Å². The van der Waals surface area contributed by atoms with Gasteiger partial charge in [0, 0.05) is 16.1 Å². The molecule has 1 unspecified atom stereocenters. The summed E-state index contributed by atoms with van der Waals surface area (Å²) in [5, 5.41) is 11.7. The van der Waals surface area contributed by atoms with Crippen molar-refractivity contribution in [2.75, 3.05) is 0 Å². The lowest BCUT2D eigenvalue weighted by Crippen LogP contribution is -2.01. The van der Waals surface area contributed by atoms with Crippen LogP contribution < -0.4 is 0 Å². The fraction of sp³-hybridized carbons (Fsp3) is 0.167. The van der Waals surface area contributed by atoms with Crippen molar-refractivity contribution in [3.05, 3.63) is 75.4 Å². The fourth-order valence-electron chi connectivity index (χ4n) is 2.58. The largest absolute Gasteiger partial charge is 0.384 e. The SMILES string of the molecule is Cc1cc(C(O)c2ccc3cccnc3c2)cc(C)c1Br. The number of aliphatic hydroxyl groups excluding tert-OH is 1. The van der Waals surface area contributed by atoms with Crippen molar-refractivity contribution < 1.29 is 5.11 Å². The molecule has 0 saturated heterocycles. The van der Waals surface area contributed by atoms with Crippen LogP contribution in [0.3, 0.4) is 0 Å². The zero-order valence-electron chi connectivity index (χ0n) is 12.0. The van der Waals surface area contributed by atoms with Crippen LogP contribution in [0.5, 0.6) is 0 Å². The number of aliphatic hydroxyl groups is 1. The third kappa shape index (κ3) is 2.71. The van der Waals surface area contributed by atoms with E-state index in [9.17, 15) is 5.11 Å². The quantitative estimate of drug-likeness (QED) is 0.733. The van der Waals surface area contributed by atoms with E-state index in [4.69, 9.17) is 0 Å². The molecule has 3 heteroatoms. The molecule has 21 heavy (non-hydrogen) atoms. The lowest BCUT2D eigenvalue weighted by Gasteiger charge is -2.15. The number of pyridine rings is 1. The zero-order chi connectivity index (χ0) is 15.0. The Morgan fingerprint density at radius 2 is 1.71 bits per heavy atom. The van der Waals surface area contributed by atoms with Crippen LogP contribution in [0.15, 0.2) is 53.1 Å². The van der Waals surface area contributed by atoms with Crippen LogP contribution in [0.4, 0.5) is 0 Å². The van der Waals surface area contributed by atoms with E-state index in [1.807, 2.05) is 56.3 Å². The molecular formula is C18H16BrNO. The highest BCUT2D eigenvalue weighted by Gasteiger charge is 2.13. The van der Waals surface area contributed by atoms with Crippen LogP contribution in [0, 0.1) is 13.8 Å². The molecule has 0 radical (unpaired) electrons. The highest BCUT2D eigenvalue weighted by Crippen LogP contribution is 2.29. The molecule has 1 aromatic heterocycles. The Bertz CT molecular complexity index is 790. The first-order valence-electron chi connectivity index (χ1n) is 6.85. The Morgan fingerprint density at radius 3 is 2.43 bits per heavy atom. The third-order valence-corrected chi connectivity index (χ3v) is 4.97. The second-order valence-corrected chi connectivity index (χ2v) is 6.12. The highest BCUT2D eigenvalue weighted by atomic mass is 79.9. The molecule has 0 bridgehead atoms. The van der Waals surface area contributed by atoms with Gasteiger partial charge in [0.25, 0.3) is 0 Å². The summed E-state index contributed by atoms with van der Waals surface area (Å²) in [6.45, 7) is 4.07. The molecule has 3 rings (SSSR count). The second-order valence-electron chi connectivity index (χ2n) is 5.33. The minimum Gasteiger partial charge on any atom is -0.384 e. The van der Waals surface area contributed by atoms with Crippen molar-refractivity contribution in [2.45, 2.75) is 20.0 Å². The Balaban J connectivity index is 2.05. The first-order valence-corrected chi connectivity index (χ1v) is 7.65. The van der Waals surface area contributed by atoms with E-state index in [2.05, 4.69) is 20.9 Å². The van der Waals surface area contributed by atoms with Crippen LogP contribution in [-0.4, -0.2) is 10.1 Å². The predicted molar refractivity (Wildman–Crippen MR) is 89.4 cm³/mol. The van der Waals surface area contributed by atoms with Crippen LogP contribution >= 0.6 is 15.9 Å². The number of aromatic nitrogens is 1. The Kier molecular flexibility index (Phi) is 3.79. The van der Waals surface area contributed by atoms with Crippen molar-refractivity contribution in [2.24, 2.45) is 0 Å². The van der Waals surface area contributed by atoms with Gasteiger partial charge in [0.1, 0.15) is 6.10 Å². The summed E-state index contributed by atoms with van der Waals surface area (Å²) in [5.41, 5.74) is 4.93. The molecule has 2 nitrogen and oxygen atoms in total. The Morgan fingerprint density at radius 1 is 1.00 bits per heavy atom. The highest BCUT2D eigenvalue weighted by molar-refractivity contribution is 9.10. The van der Waals surface area contributed by atoms with Crippen LogP contribution in [-0.2, 0) is 0 Å².